The molecule has 3 rings (SSSR count). The molecule has 3 aromatic rings. The molecule has 0 saturated heterocycles. The molecule has 0 aliphatic carbocycles. The number of nitrogens with one attached hydrogen (secondary N) is 1. The molecule has 0 spiro atoms. The van der Waals surface area contributed by atoms with Crippen LogP contribution in [0.25, 0.3) is 0 Å². The van der Waals surface area contributed by atoms with Gasteiger partial charge in [-0.15, -0.1) is 0 Å². The summed E-state index contributed by atoms with van der Waals surface area (Å²) in [5, 5.41) is 0. The van der Waals surface area contributed by atoms with Gasteiger partial charge < -0.3 is 0 Å². The zero-order valence-corrected chi connectivity index (χ0v) is 16.6. The number of ether oxygens (including phenoxy) is 1. The van der Waals surface area contributed by atoms with E-state index in [1.54, 1.807) is 0 Å². The molecule has 0 atom stereocenters. The number of aromatic amines is 1. The molecular weight excluding hydrogens is 411 g/mol. The van der Waals surface area contributed by atoms with E-state index in [0.717, 1.165) is 10.2 Å². The van der Waals surface area contributed by atoms with Crippen LogP contribution in [0.2, 0.25) is 0 Å². The van der Waals surface area contributed by atoms with Gasteiger partial charge in [-0.3, -0.25) is 0 Å². The van der Waals surface area contributed by atoms with Crippen molar-refractivity contribution in [1.29, 1.82) is 0 Å². The second-order valence-corrected chi connectivity index (χ2v) is 7.83. The van der Waals surface area contributed by atoms with Crippen LogP contribution in [0.15, 0.2) is 70.3 Å². The second kappa shape index (κ2) is 9.26. The van der Waals surface area contributed by atoms with Crippen molar-refractivity contribution in [3.8, 4) is 5.75 Å². The number of rotatable bonds is 8. The third-order valence-corrected chi connectivity index (χ3v) is 6.08. The van der Waals surface area contributed by atoms with E-state index in [0.29, 0.717) is 16.6 Å². The van der Waals surface area contributed by atoms with Crippen molar-refractivity contribution in [2.75, 3.05) is 13.2 Å². The summed E-state index contributed by atoms with van der Waals surface area (Å²) in [6.07, 6.45) is 0.517. The minimum absolute atomic E-state index is 0.182. The summed E-state index contributed by atoms with van der Waals surface area (Å²) < 4.78 is 8.50. The number of hydrogen-bond donors (Lipinski definition) is 1. The maximum absolute atomic E-state index is 12.3. The van der Waals surface area contributed by atoms with Crippen LogP contribution in [0.4, 0.5) is 0 Å². The fraction of sp³-hybridized carbons (Fsp3) is 0.200. The molecule has 0 saturated carbocycles. The monoisotopic (exact) mass is 432 g/mol. The third-order valence-electron chi connectivity index (χ3n) is 3.75. The molecule has 1 heterocycles. The van der Waals surface area contributed by atoms with Gasteiger partial charge in [-0.05, 0) is 0 Å². The Kier molecular flexibility index (Phi) is 6.52. The molecule has 0 amide bonds. The Morgan fingerprint density at radius 1 is 0.963 bits per heavy atom. The Bertz CT molecular complexity index is 984. The average Bonchev–Trinajstić information content (AvgIpc) is 2.69. The molecular formula is C20H20N2O4Se. The van der Waals surface area contributed by atoms with Crippen molar-refractivity contribution in [3.05, 3.63) is 87.1 Å². The van der Waals surface area contributed by atoms with E-state index in [4.69, 9.17) is 9.57 Å². The molecule has 0 fully saturated rings. The molecule has 0 radical (unpaired) electrons. The van der Waals surface area contributed by atoms with Crippen molar-refractivity contribution in [3.63, 3.8) is 0 Å². The van der Waals surface area contributed by atoms with Gasteiger partial charge in [0.15, 0.2) is 0 Å². The first-order chi connectivity index (χ1) is 13.2. The molecule has 27 heavy (non-hydrogen) atoms. The molecule has 2 aromatic carbocycles. The quantitative estimate of drug-likeness (QED) is 0.410. The van der Waals surface area contributed by atoms with Crippen LogP contribution in [0.1, 0.15) is 12.5 Å². The van der Waals surface area contributed by atoms with Crippen molar-refractivity contribution < 1.29 is 9.57 Å². The number of aromatic nitrogens is 2. The number of nitrogens with zero attached hydrogens (tertiary/aromatic N) is 1. The molecule has 1 N–H and O–H groups in total. The Hall–Kier alpha value is -2.76. The summed E-state index contributed by atoms with van der Waals surface area (Å²) in [7, 11) is 0. The second-order valence-electron chi connectivity index (χ2n) is 5.60. The molecule has 6 nitrogen and oxygen atoms in total. The van der Waals surface area contributed by atoms with Gasteiger partial charge in [0.25, 0.3) is 0 Å². The van der Waals surface area contributed by atoms with Crippen molar-refractivity contribution in [2.24, 2.45) is 0 Å². The van der Waals surface area contributed by atoms with E-state index < -0.39 is 5.69 Å². The Labute approximate surface area is 162 Å². The van der Waals surface area contributed by atoms with E-state index in [2.05, 4.69) is 4.98 Å². The maximum atomic E-state index is 12.3. The van der Waals surface area contributed by atoms with Crippen LogP contribution in [0, 0.1) is 0 Å². The number of para-hydroxylation sites is 1. The standard InChI is InChI=1S/C20H20N2O4Se/c1-2-17-18(23)21-20(24)22(19(17)27-16-11-7-4-8-12-16)26-14-13-25-15-9-5-3-6-10-15/h3-12H,2,13-14H2,1H3,(H,21,23,24). The Morgan fingerprint density at radius 3 is 2.30 bits per heavy atom. The van der Waals surface area contributed by atoms with Crippen LogP contribution in [-0.2, 0) is 6.42 Å². The van der Waals surface area contributed by atoms with E-state index in [9.17, 15) is 9.59 Å². The summed E-state index contributed by atoms with van der Waals surface area (Å²) in [6, 6.07) is 19.2. The predicted molar refractivity (Wildman–Crippen MR) is 106 cm³/mol. The van der Waals surface area contributed by atoms with Gasteiger partial charge in [0.2, 0.25) is 0 Å². The van der Waals surface area contributed by atoms with Gasteiger partial charge in [0, 0.05) is 0 Å². The zero-order valence-electron chi connectivity index (χ0n) is 14.9. The first kappa shape index (κ1) is 19.0. The number of H-pyrrole nitrogens is 1. The van der Waals surface area contributed by atoms with Gasteiger partial charge >= 0.3 is 163 Å². The Morgan fingerprint density at radius 2 is 1.63 bits per heavy atom. The summed E-state index contributed by atoms with van der Waals surface area (Å²) in [4.78, 5) is 32.6. The van der Waals surface area contributed by atoms with Crippen LogP contribution in [0.3, 0.4) is 0 Å². The summed E-state index contributed by atoms with van der Waals surface area (Å²) >= 11 is -0.236. The van der Waals surface area contributed by atoms with Gasteiger partial charge in [-0.1, -0.05) is 0 Å². The average molecular weight is 431 g/mol. The van der Waals surface area contributed by atoms with E-state index >= 15 is 0 Å². The van der Waals surface area contributed by atoms with Crippen LogP contribution < -0.4 is 29.9 Å². The van der Waals surface area contributed by atoms with Gasteiger partial charge in [0.1, 0.15) is 0 Å². The molecule has 0 aliphatic heterocycles. The Balaban J connectivity index is 1.80. The molecule has 1 aromatic heterocycles. The summed E-state index contributed by atoms with van der Waals surface area (Å²) in [5.74, 6) is 0.734. The van der Waals surface area contributed by atoms with E-state index in [1.165, 1.54) is 4.73 Å². The zero-order chi connectivity index (χ0) is 19.1. The molecule has 0 unspecified atom stereocenters. The fourth-order valence-electron chi connectivity index (χ4n) is 2.47. The van der Waals surface area contributed by atoms with Gasteiger partial charge in [-0.2, -0.15) is 0 Å². The minimum atomic E-state index is -0.565. The van der Waals surface area contributed by atoms with Crippen molar-refractivity contribution in [2.45, 2.75) is 13.3 Å². The van der Waals surface area contributed by atoms with Gasteiger partial charge in [0.05, 0.1) is 0 Å². The normalized spacial score (nSPS) is 10.6. The van der Waals surface area contributed by atoms with Crippen LogP contribution in [0.5, 0.6) is 5.75 Å². The SMILES string of the molecule is CCc1c([Se]c2ccccc2)n(OCCOc2ccccc2)c(=O)[nH]c1=O. The molecule has 7 heteroatoms. The third kappa shape index (κ3) is 4.90. The summed E-state index contributed by atoms with van der Waals surface area (Å²) in [6.45, 7) is 2.36. The fourth-order valence-corrected chi connectivity index (χ4v) is 4.77. The molecule has 140 valence electrons. The van der Waals surface area contributed by atoms with Crippen molar-refractivity contribution >= 4 is 24.0 Å². The summed E-state index contributed by atoms with van der Waals surface area (Å²) in [5.41, 5.74) is -0.345. The molecule has 0 bridgehead atoms. The van der Waals surface area contributed by atoms with Crippen LogP contribution >= 0.6 is 0 Å². The first-order valence-corrected chi connectivity index (χ1v) is 10.3. The number of benzene rings is 2. The van der Waals surface area contributed by atoms with Gasteiger partial charge in [-0.25, -0.2) is 0 Å². The number of hydrogen-bond acceptors (Lipinski definition) is 4. The topological polar surface area (TPSA) is 73.3 Å². The van der Waals surface area contributed by atoms with E-state index in [-0.39, 0.29) is 33.7 Å². The van der Waals surface area contributed by atoms with Crippen molar-refractivity contribution in [1.82, 2.24) is 9.71 Å². The molecule has 0 aliphatic rings. The van der Waals surface area contributed by atoms with E-state index in [1.807, 2.05) is 67.6 Å². The predicted octanol–water partition coefficient (Wildman–Crippen LogP) is 0.262. The van der Waals surface area contributed by atoms with Crippen LogP contribution in [-0.4, -0.2) is 37.9 Å². The first-order valence-electron chi connectivity index (χ1n) is 8.61.